The van der Waals surface area contributed by atoms with Crippen molar-refractivity contribution in [1.82, 2.24) is 19.3 Å². The summed E-state index contributed by atoms with van der Waals surface area (Å²) in [6.07, 6.45) is 5.08. The smallest absolute Gasteiger partial charge is 0.276 e. The zero-order valence-corrected chi connectivity index (χ0v) is 10.1. The van der Waals surface area contributed by atoms with Crippen LogP contribution in [0.2, 0.25) is 0 Å². The molecule has 0 atom stereocenters. The van der Waals surface area contributed by atoms with Gasteiger partial charge in [-0.05, 0) is 19.9 Å². The van der Waals surface area contributed by atoms with Gasteiger partial charge in [0, 0.05) is 18.0 Å². The van der Waals surface area contributed by atoms with Crippen LogP contribution in [0.25, 0.3) is 5.52 Å². The first-order chi connectivity index (χ1) is 8.66. The van der Waals surface area contributed by atoms with E-state index in [1.54, 1.807) is 33.7 Å². The Morgan fingerprint density at radius 3 is 2.89 bits per heavy atom. The van der Waals surface area contributed by atoms with Crippen molar-refractivity contribution in [1.29, 1.82) is 0 Å². The highest BCUT2D eigenvalue weighted by Gasteiger charge is 2.11. The van der Waals surface area contributed by atoms with E-state index in [2.05, 4.69) is 10.3 Å². The summed E-state index contributed by atoms with van der Waals surface area (Å²) in [5.74, 6) is 0.743. The molecule has 18 heavy (non-hydrogen) atoms. The van der Waals surface area contributed by atoms with Gasteiger partial charge in [-0.1, -0.05) is 5.16 Å². The molecule has 6 heteroatoms. The first kappa shape index (κ1) is 10.8. The molecular formula is C12H12N4O2. The summed E-state index contributed by atoms with van der Waals surface area (Å²) >= 11 is 0. The Hall–Kier alpha value is -2.37. The molecule has 0 aliphatic heterocycles. The van der Waals surface area contributed by atoms with Crippen molar-refractivity contribution >= 4 is 5.52 Å². The van der Waals surface area contributed by atoms with Crippen molar-refractivity contribution in [2.75, 3.05) is 0 Å². The van der Waals surface area contributed by atoms with Crippen LogP contribution in [-0.4, -0.2) is 19.3 Å². The van der Waals surface area contributed by atoms with Crippen LogP contribution in [0.4, 0.5) is 0 Å². The lowest BCUT2D eigenvalue weighted by Gasteiger charge is -2.05. The molecule has 92 valence electrons. The molecular weight excluding hydrogens is 232 g/mol. The third kappa shape index (κ3) is 1.54. The van der Waals surface area contributed by atoms with Crippen molar-refractivity contribution in [3.05, 3.63) is 52.0 Å². The fourth-order valence-corrected chi connectivity index (χ4v) is 1.98. The second-order valence-electron chi connectivity index (χ2n) is 4.19. The lowest BCUT2D eigenvalue weighted by atomic mass is 10.2. The quantitative estimate of drug-likeness (QED) is 0.678. The van der Waals surface area contributed by atoms with Crippen LogP contribution < -0.4 is 5.56 Å². The Kier molecular flexibility index (Phi) is 2.29. The van der Waals surface area contributed by atoms with Gasteiger partial charge in [0.15, 0.2) is 0 Å². The first-order valence-electron chi connectivity index (χ1n) is 5.61. The molecule has 0 radical (unpaired) electrons. The van der Waals surface area contributed by atoms with E-state index in [-0.39, 0.29) is 5.56 Å². The first-order valence-corrected chi connectivity index (χ1v) is 5.61. The number of nitrogens with zero attached hydrogens (tertiary/aromatic N) is 4. The molecule has 0 saturated carbocycles. The topological polar surface area (TPSA) is 65.3 Å². The van der Waals surface area contributed by atoms with Gasteiger partial charge in [0.05, 0.1) is 18.4 Å². The monoisotopic (exact) mass is 244 g/mol. The lowest BCUT2D eigenvalue weighted by molar-refractivity contribution is 0.392. The van der Waals surface area contributed by atoms with Gasteiger partial charge in [0.1, 0.15) is 11.3 Å². The molecule has 3 rings (SSSR count). The number of aromatic nitrogens is 4. The molecule has 0 amide bonds. The maximum Gasteiger partial charge on any atom is 0.276 e. The van der Waals surface area contributed by atoms with Crippen LogP contribution in [0.15, 0.2) is 34.0 Å². The molecule has 0 saturated heterocycles. The van der Waals surface area contributed by atoms with Crippen molar-refractivity contribution in [3.63, 3.8) is 0 Å². The molecule has 3 aromatic rings. The van der Waals surface area contributed by atoms with Crippen LogP contribution in [-0.2, 0) is 6.54 Å². The second kappa shape index (κ2) is 3.83. The maximum atomic E-state index is 12.2. The van der Waals surface area contributed by atoms with Crippen LogP contribution in [0, 0.1) is 13.8 Å². The van der Waals surface area contributed by atoms with E-state index >= 15 is 0 Å². The summed E-state index contributed by atoms with van der Waals surface area (Å²) in [4.78, 5) is 12.2. The second-order valence-corrected chi connectivity index (χ2v) is 4.19. The minimum absolute atomic E-state index is 0.0741. The van der Waals surface area contributed by atoms with Crippen LogP contribution in [0.3, 0.4) is 0 Å². The lowest BCUT2D eigenvalue weighted by Crippen LogP contribution is -2.22. The molecule has 3 heterocycles. The van der Waals surface area contributed by atoms with Gasteiger partial charge >= 0.3 is 0 Å². The van der Waals surface area contributed by atoms with E-state index in [9.17, 15) is 4.79 Å². The Morgan fingerprint density at radius 1 is 1.33 bits per heavy atom. The van der Waals surface area contributed by atoms with Crippen molar-refractivity contribution < 1.29 is 4.52 Å². The number of fused-ring (bicyclic) bond motifs is 1. The van der Waals surface area contributed by atoms with Gasteiger partial charge in [-0.3, -0.25) is 4.79 Å². The van der Waals surface area contributed by atoms with Crippen molar-refractivity contribution in [2.24, 2.45) is 0 Å². The summed E-state index contributed by atoms with van der Waals surface area (Å²) in [5, 5.41) is 7.91. The van der Waals surface area contributed by atoms with E-state index in [0.29, 0.717) is 12.1 Å². The predicted octanol–water partition coefficient (Wildman–Crippen LogP) is 1.15. The van der Waals surface area contributed by atoms with Crippen LogP contribution >= 0.6 is 0 Å². The molecule has 0 aliphatic rings. The van der Waals surface area contributed by atoms with Gasteiger partial charge in [-0.25, -0.2) is 4.52 Å². The minimum atomic E-state index is -0.0741. The number of hydrogen-bond acceptors (Lipinski definition) is 4. The van der Waals surface area contributed by atoms with Crippen LogP contribution in [0.5, 0.6) is 0 Å². The average molecular weight is 244 g/mol. The number of aryl methyl sites for hydroxylation is 2. The third-order valence-corrected chi connectivity index (χ3v) is 3.05. The van der Waals surface area contributed by atoms with E-state index in [4.69, 9.17) is 4.52 Å². The third-order valence-electron chi connectivity index (χ3n) is 3.05. The Morgan fingerprint density at radius 2 is 2.17 bits per heavy atom. The maximum absolute atomic E-state index is 12.2. The van der Waals surface area contributed by atoms with Crippen molar-refractivity contribution in [3.8, 4) is 0 Å². The molecule has 6 nitrogen and oxygen atoms in total. The fourth-order valence-electron chi connectivity index (χ4n) is 1.98. The van der Waals surface area contributed by atoms with Gasteiger partial charge < -0.3 is 9.09 Å². The standard InChI is InChI=1S/C12H12N4O2/c1-8-10(9(2)18-14-8)7-15-5-6-16-11(12(15)17)3-4-13-16/h3-6H,7H2,1-2H3. The Labute approximate surface area is 102 Å². The molecule has 0 N–H and O–H groups in total. The molecule has 0 bridgehead atoms. The highest BCUT2D eigenvalue weighted by atomic mass is 16.5. The summed E-state index contributed by atoms with van der Waals surface area (Å²) in [5.41, 5.74) is 2.24. The van der Waals surface area contributed by atoms with E-state index in [0.717, 1.165) is 17.0 Å². The molecule has 3 aromatic heterocycles. The highest BCUT2D eigenvalue weighted by Crippen LogP contribution is 2.13. The largest absolute Gasteiger partial charge is 0.361 e. The van der Waals surface area contributed by atoms with E-state index < -0.39 is 0 Å². The van der Waals surface area contributed by atoms with E-state index in [1.807, 2.05) is 13.8 Å². The molecule has 0 unspecified atom stereocenters. The van der Waals surface area contributed by atoms with Gasteiger partial charge in [-0.2, -0.15) is 5.10 Å². The SMILES string of the molecule is Cc1noc(C)c1Cn1ccn2nccc2c1=O. The fraction of sp³-hybridized carbons (Fsp3) is 0.250. The Bertz CT molecular complexity index is 746. The minimum Gasteiger partial charge on any atom is -0.361 e. The molecule has 0 aromatic carbocycles. The van der Waals surface area contributed by atoms with Crippen molar-refractivity contribution in [2.45, 2.75) is 20.4 Å². The normalized spacial score (nSPS) is 11.2. The summed E-state index contributed by atoms with van der Waals surface area (Å²) in [7, 11) is 0. The molecule has 0 aliphatic carbocycles. The highest BCUT2D eigenvalue weighted by molar-refractivity contribution is 5.42. The van der Waals surface area contributed by atoms with Crippen LogP contribution in [0.1, 0.15) is 17.0 Å². The zero-order chi connectivity index (χ0) is 12.7. The number of rotatable bonds is 2. The van der Waals surface area contributed by atoms with Gasteiger partial charge in [0.2, 0.25) is 0 Å². The zero-order valence-electron chi connectivity index (χ0n) is 10.1. The predicted molar refractivity (Wildman–Crippen MR) is 64.5 cm³/mol. The van der Waals surface area contributed by atoms with Gasteiger partial charge in [-0.15, -0.1) is 0 Å². The summed E-state index contributed by atoms with van der Waals surface area (Å²) < 4.78 is 8.29. The average Bonchev–Trinajstić information content (AvgIpc) is 2.94. The van der Waals surface area contributed by atoms with Gasteiger partial charge in [0.25, 0.3) is 5.56 Å². The summed E-state index contributed by atoms with van der Waals surface area (Å²) in [6, 6.07) is 1.70. The number of hydrogen-bond donors (Lipinski definition) is 0. The summed E-state index contributed by atoms with van der Waals surface area (Å²) in [6.45, 7) is 4.17. The molecule has 0 fully saturated rings. The molecule has 0 spiro atoms. The van der Waals surface area contributed by atoms with E-state index in [1.165, 1.54) is 0 Å². The Balaban J connectivity index is 2.10.